The Bertz CT molecular complexity index is 554. The molecule has 2 aliphatic heterocycles. The van der Waals surface area contributed by atoms with Crippen LogP contribution in [0.1, 0.15) is 25.0 Å². The fourth-order valence-electron chi connectivity index (χ4n) is 3.74. The Balaban J connectivity index is 1.43. The first-order valence-corrected chi connectivity index (χ1v) is 8.32. The molecule has 3 atom stereocenters. The highest BCUT2D eigenvalue weighted by Gasteiger charge is 2.48. The number of carbonyl (C=O) groups excluding carboxylic acids is 1. The van der Waals surface area contributed by atoms with Gasteiger partial charge >= 0.3 is 0 Å². The van der Waals surface area contributed by atoms with Crippen LogP contribution in [0.2, 0.25) is 0 Å². The second kappa shape index (κ2) is 5.66. The highest BCUT2D eigenvalue weighted by molar-refractivity contribution is 5.80. The van der Waals surface area contributed by atoms with Crippen molar-refractivity contribution >= 4 is 5.91 Å². The van der Waals surface area contributed by atoms with Crippen LogP contribution < -0.4 is 5.32 Å². The molecule has 1 aliphatic carbocycles. The molecule has 22 heavy (non-hydrogen) atoms. The van der Waals surface area contributed by atoms with Crippen LogP contribution in [0.25, 0.3) is 0 Å². The Morgan fingerprint density at radius 1 is 1.45 bits per heavy atom. The van der Waals surface area contributed by atoms with Crippen LogP contribution in [0.15, 0.2) is 12.3 Å². The lowest BCUT2D eigenvalue weighted by atomic mass is 10.0. The number of likely N-dealkylation sites (tertiary alicyclic amines) is 1. The van der Waals surface area contributed by atoms with Crippen molar-refractivity contribution in [3.05, 3.63) is 18.0 Å². The van der Waals surface area contributed by atoms with Crippen molar-refractivity contribution in [1.29, 1.82) is 0 Å². The summed E-state index contributed by atoms with van der Waals surface area (Å²) in [7, 11) is 1.97. The monoisotopic (exact) mass is 304 g/mol. The van der Waals surface area contributed by atoms with E-state index in [1.54, 1.807) is 0 Å². The molecule has 6 heteroatoms. The van der Waals surface area contributed by atoms with E-state index in [2.05, 4.69) is 15.3 Å². The van der Waals surface area contributed by atoms with Gasteiger partial charge in [-0.1, -0.05) is 0 Å². The maximum Gasteiger partial charge on any atom is 0.227 e. The van der Waals surface area contributed by atoms with Crippen LogP contribution >= 0.6 is 0 Å². The van der Waals surface area contributed by atoms with E-state index in [0.29, 0.717) is 6.04 Å². The molecule has 0 bridgehead atoms. The Kier molecular flexibility index (Phi) is 3.66. The van der Waals surface area contributed by atoms with E-state index < -0.39 is 0 Å². The SMILES string of the molecule is Cn1nccc1CN1C[C@H](C(=O)NCC2CC2)[C@H]2OCC[C@H]21. The lowest BCUT2D eigenvalue weighted by Gasteiger charge is -2.21. The predicted molar refractivity (Wildman–Crippen MR) is 81.0 cm³/mol. The summed E-state index contributed by atoms with van der Waals surface area (Å²) in [5.41, 5.74) is 1.18. The molecule has 2 saturated heterocycles. The standard InChI is InChI=1S/C16H24N4O2/c1-19-12(4-6-18-19)9-20-10-13(15-14(20)5-7-22-15)16(21)17-8-11-2-3-11/h4,6,11,13-15H,2-3,5,7-10H2,1H3,(H,17,21)/t13-,14+,15+/m0/s1. The van der Waals surface area contributed by atoms with Gasteiger partial charge in [-0.2, -0.15) is 5.10 Å². The van der Waals surface area contributed by atoms with Gasteiger partial charge < -0.3 is 10.1 Å². The summed E-state index contributed by atoms with van der Waals surface area (Å²) in [6.45, 7) is 3.24. The zero-order valence-corrected chi connectivity index (χ0v) is 13.1. The van der Waals surface area contributed by atoms with Crippen molar-refractivity contribution in [3.63, 3.8) is 0 Å². The summed E-state index contributed by atoms with van der Waals surface area (Å²) >= 11 is 0. The van der Waals surface area contributed by atoms with Gasteiger partial charge in [-0.05, 0) is 31.2 Å². The van der Waals surface area contributed by atoms with Gasteiger partial charge in [0.1, 0.15) is 0 Å². The van der Waals surface area contributed by atoms with Crippen molar-refractivity contribution in [2.75, 3.05) is 19.7 Å². The maximum atomic E-state index is 12.5. The fourth-order valence-corrected chi connectivity index (χ4v) is 3.74. The number of ether oxygens (including phenoxy) is 1. The molecule has 6 nitrogen and oxygen atoms in total. The third kappa shape index (κ3) is 2.65. The molecule has 0 aromatic carbocycles. The first kappa shape index (κ1) is 14.2. The first-order chi connectivity index (χ1) is 10.7. The van der Waals surface area contributed by atoms with E-state index in [1.807, 2.05) is 24.0 Å². The molecule has 3 heterocycles. The normalized spacial score (nSPS) is 31.4. The molecular formula is C16H24N4O2. The van der Waals surface area contributed by atoms with Gasteiger partial charge in [0.05, 0.1) is 17.7 Å². The lowest BCUT2D eigenvalue weighted by Crippen LogP contribution is -2.38. The van der Waals surface area contributed by atoms with Crippen LogP contribution in [0.4, 0.5) is 0 Å². The van der Waals surface area contributed by atoms with Crippen LogP contribution in [0, 0.1) is 11.8 Å². The Hall–Kier alpha value is -1.40. The largest absolute Gasteiger partial charge is 0.376 e. The van der Waals surface area contributed by atoms with E-state index in [0.717, 1.165) is 38.6 Å². The zero-order chi connectivity index (χ0) is 15.1. The third-order valence-corrected chi connectivity index (χ3v) is 5.29. The van der Waals surface area contributed by atoms with Crippen molar-refractivity contribution in [2.24, 2.45) is 18.9 Å². The molecule has 4 rings (SSSR count). The molecule has 0 radical (unpaired) electrons. The second-order valence-corrected chi connectivity index (χ2v) is 6.86. The lowest BCUT2D eigenvalue weighted by molar-refractivity contribution is -0.127. The van der Waals surface area contributed by atoms with E-state index in [1.165, 1.54) is 18.5 Å². The number of aromatic nitrogens is 2. The van der Waals surface area contributed by atoms with E-state index >= 15 is 0 Å². The summed E-state index contributed by atoms with van der Waals surface area (Å²) in [6.07, 6.45) is 5.44. The van der Waals surface area contributed by atoms with Crippen LogP contribution in [0.5, 0.6) is 0 Å². The summed E-state index contributed by atoms with van der Waals surface area (Å²) in [4.78, 5) is 14.9. The summed E-state index contributed by atoms with van der Waals surface area (Å²) in [5.74, 6) is 0.868. The van der Waals surface area contributed by atoms with Gasteiger partial charge in [0.2, 0.25) is 5.91 Å². The molecule has 3 aliphatic rings. The molecule has 1 aromatic heterocycles. The molecular weight excluding hydrogens is 280 g/mol. The van der Waals surface area contributed by atoms with Gasteiger partial charge in [-0.3, -0.25) is 14.4 Å². The molecule has 3 fully saturated rings. The zero-order valence-electron chi connectivity index (χ0n) is 13.1. The summed E-state index contributed by atoms with van der Waals surface area (Å²) in [6, 6.07) is 2.41. The third-order valence-electron chi connectivity index (χ3n) is 5.29. The number of nitrogens with one attached hydrogen (secondary N) is 1. The van der Waals surface area contributed by atoms with Crippen LogP contribution in [0.3, 0.4) is 0 Å². The number of carbonyl (C=O) groups is 1. The number of hydrogen-bond donors (Lipinski definition) is 1. The molecule has 1 saturated carbocycles. The predicted octanol–water partition coefficient (Wildman–Crippen LogP) is 0.536. The number of amides is 1. The van der Waals surface area contributed by atoms with E-state index in [4.69, 9.17) is 4.74 Å². The molecule has 1 amide bonds. The van der Waals surface area contributed by atoms with Crippen molar-refractivity contribution < 1.29 is 9.53 Å². The van der Waals surface area contributed by atoms with Gasteiger partial charge in [-0.25, -0.2) is 0 Å². The second-order valence-electron chi connectivity index (χ2n) is 6.86. The number of fused-ring (bicyclic) bond motifs is 1. The van der Waals surface area contributed by atoms with Gasteiger partial charge in [-0.15, -0.1) is 0 Å². The Labute approximate surface area is 130 Å². The smallest absolute Gasteiger partial charge is 0.227 e. The average molecular weight is 304 g/mol. The number of rotatable bonds is 5. The van der Waals surface area contributed by atoms with E-state index in [-0.39, 0.29) is 17.9 Å². The Morgan fingerprint density at radius 2 is 2.32 bits per heavy atom. The van der Waals surface area contributed by atoms with Crippen molar-refractivity contribution in [1.82, 2.24) is 20.0 Å². The fraction of sp³-hybridized carbons (Fsp3) is 0.750. The molecule has 120 valence electrons. The number of hydrogen-bond acceptors (Lipinski definition) is 4. The number of nitrogens with zero attached hydrogens (tertiary/aromatic N) is 3. The average Bonchev–Trinajstić information content (AvgIpc) is 2.90. The van der Waals surface area contributed by atoms with Crippen LogP contribution in [-0.4, -0.2) is 52.4 Å². The van der Waals surface area contributed by atoms with Gasteiger partial charge in [0.25, 0.3) is 0 Å². The van der Waals surface area contributed by atoms with Crippen molar-refractivity contribution in [3.8, 4) is 0 Å². The van der Waals surface area contributed by atoms with E-state index in [9.17, 15) is 4.79 Å². The highest BCUT2D eigenvalue weighted by Crippen LogP contribution is 2.35. The first-order valence-electron chi connectivity index (χ1n) is 8.32. The minimum atomic E-state index is -0.0283. The topological polar surface area (TPSA) is 59.4 Å². The van der Waals surface area contributed by atoms with Gasteiger partial charge in [0, 0.05) is 45.5 Å². The minimum absolute atomic E-state index is 0.0283. The molecule has 1 N–H and O–H groups in total. The Morgan fingerprint density at radius 3 is 3.05 bits per heavy atom. The maximum absolute atomic E-state index is 12.5. The summed E-state index contributed by atoms with van der Waals surface area (Å²) in [5, 5.41) is 7.36. The molecule has 1 aromatic rings. The highest BCUT2D eigenvalue weighted by atomic mass is 16.5. The molecule has 0 unspecified atom stereocenters. The number of aryl methyl sites for hydroxylation is 1. The van der Waals surface area contributed by atoms with Gasteiger partial charge in [0.15, 0.2) is 0 Å². The van der Waals surface area contributed by atoms with Crippen LogP contribution in [-0.2, 0) is 23.1 Å². The quantitative estimate of drug-likeness (QED) is 0.862. The molecule has 0 spiro atoms. The van der Waals surface area contributed by atoms with Crippen molar-refractivity contribution in [2.45, 2.75) is 38.0 Å². The summed E-state index contributed by atoms with van der Waals surface area (Å²) < 4.78 is 7.80. The minimum Gasteiger partial charge on any atom is -0.376 e.